The number of carbonyl (C=O) groups excluding carboxylic acids is 1. The third-order valence-corrected chi connectivity index (χ3v) is 3.18. The topological polar surface area (TPSA) is 42.0 Å². The lowest BCUT2D eigenvalue weighted by Crippen LogP contribution is -2.39. The van der Waals surface area contributed by atoms with Gasteiger partial charge in [0.2, 0.25) is 0 Å². The van der Waals surface area contributed by atoms with E-state index in [9.17, 15) is 4.79 Å². The summed E-state index contributed by atoms with van der Waals surface area (Å²) in [7, 11) is 5.69. The Labute approximate surface area is 104 Å². The Hall–Kier alpha value is -0.810. The number of likely N-dealkylation sites (tertiary alicyclic amines) is 1. The number of hydrogen-bond donors (Lipinski definition) is 0. The molecule has 1 aliphatic heterocycles. The van der Waals surface area contributed by atoms with Gasteiger partial charge in [0, 0.05) is 13.7 Å². The van der Waals surface area contributed by atoms with E-state index in [0.717, 1.165) is 12.8 Å². The molecule has 0 aromatic rings. The number of nitrogens with zero attached hydrogens (tertiary/aromatic N) is 2. The predicted molar refractivity (Wildman–Crippen MR) is 66.1 cm³/mol. The Balaban J connectivity index is 2.43. The van der Waals surface area contributed by atoms with Crippen molar-refractivity contribution < 1.29 is 14.3 Å². The lowest BCUT2D eigenvalue weighted by atomic mass is 10.2. The highest BCUT2D eigenvalue weighted by atomic mass is 16.6. The largest absolute Gasteiger partial charge is 0.449 e. The summed E-state index contributed by atoms with van der Waals surface area (Å²) in [5.41, 5.74) is 0. The second-order valence-electron chi connectivity index (χ2n) is 4.68. The van der Waals surface area contributed by atoms with E-state index in [-0.39, 0.29) is 18.2 Å². The monoisotopic (exact) mass is 244 g/mol. The van der Waals surface area contributed by atoms with Gasteiger partial charge < -0.3 is 19.3 Å². The Morgan fingerprint density at radius 1 is 1.41 bits per heavy atom. The van der Waals surface area contributed by atoms with Crippen molar-refractivity contribution in [3.05, 3.63) is 0 Å². The molecule has 17 heavy (non-hydrogen) atoms. The molecular formula is C12H24N2O3. The minimum atomic E-state index is -0.218. The van der Waals surface area contributed by atoms with E-state index in [2.05, 4.69) is 11.8 Å². The molecule has 5 nitrogen and oxygen atoms in total. The molecule has 0 N–H and O–H groups in total. The molecule has 0 aromatic heterocycles. The SMILES string of the molecule is CCCCOC(=O)N1CC(OC)C(N(C)C)C1. The maximum absolute atomic E-state index is 11.8. The first-order chi connectivity index (χ1) is 8.10. The van der Waals surface area contributed by atoms with E-state index >= 15 is 0 Å². The van der Waals surface area contributed by atoms with E-state index in [4.69, 9.17) is 9.47 Å². The number of rotatable bonds is 5. The summed E-state index contributed by atoms with van der Waals surface area (Å²) >= 11 is 0. The van der Waals surface area contributed by atoms with Gasteiger partial charge in [0.05, 0.1) is 25.3 Å². The zero-order valence-corrected chi connectivity index (χ0v) is 11.3. The third-order valence-electron chi connectivity index (χ3n) is 3.18. The molecule has 2 unspecified atom stereocenters. The number of unbranched alkanes of at least 4 members (excludes halogenated alkanes) is 1. The molecule has 1 saturated heterocycles. The standard InChI is InChI=1S/C12H24N2O3/c1-5-6-7-17-12(15)14-8-10(13(2)3)11(9-14)16-4/h10-11H,5-9H2,1-4H3. The molecule has 1 heterocycles. The van der Waals surface area contributed by atoms with Crippen molar-refractivity contribution >= 4 is 6.09 Å². The number of hydrogen-bond acceptors (Lipinski definition) is 4. The van der Waals surface area contributed by atoms with Gasteiger partial charge in [0.15, 0.2) is 0 Å². The number of methoxy groups -OCH3 is 1. The highest BCUT2D eigenvalue weighted by Crippen LogP contribution is 2.17. The molecular weight excluding hydrogens is 220 g/mol. The summed E-state index contributed by atoms with van der Waals surface area (Å²) < 4.78 is 10.6. The quantitative estimate of drug-likeness (QED) is 0.681. The van der Waals surface area contributed by atoms with Crippen LogP contribution in [0.5, 0.6) is 0 Å². The second-order valence-corrected chi connectivity index (χ2v) is 4.68. The van der Waals surface area contributed by atoms with E-state index in [1.165, 1.54) is 0 Å². The minimum Gasteiger partial charge on any atom is -0.449 e. The molecule has 1 fully saturated rings. The molecule has 0 radical (unpaired) electrons. The zero-order valence-electron chi connectivity index (χ0n) is 11.3. The molecule has 2 atom stereocenters. The van der Waals surface area contributed by atoms with Crippen molar-refractivity contribution in [3.8, 4) is 0 Å². The fraction of sp³-hybridized carbons (Fsp3) is 0.917. The first-order valence-electron chi connectivity index (χ1n) is 6.21. The van der Waals surface area contributed by atoms with Gasteiger partial charge >= 0.3 is 6.09 Å². The first kappa shape index (κ1) is 14.3. The summed E-state index contributed by atoms with van der Waals surface area (Å²) in [5.74, 6) is 0. The van der Waals surface area contributed by atoms with Crippen LogP contribution in [0.4, 0.5) is 4.79 Å². The van der Waals surface area contributed by atoms with E-state index in [1.54, 1.807) is 12.0 Å². The van der Waals surface area contributed by atoms with Crippen molar-refractivity contribution in [2.24, 2.45) is 0 Å². The summed E-state index contributed by atoms with van der Waals surface area (Å²) in [5, 5.41) is 0. The Morgan fingerprint density at radius 2 is 2.12 bits per heavy atom. The molecule has 0 spiro atoms. The van der Waals surface area contributed by atoms with Crippen LogP contribution in [-0.4, -0.2) is 68.9 Å². The number of likely N-dealkylation sites (N-methyl/N-ethyl adjacent to an activating group) is 1. The average Bonchev–Trinajstić information content (AvgIpc) is 2.73. The maximum atomic E-state index is 11.8. The van der Waals surface area contributed by atoms with E-state index in [0.29, 0.717) is 19.7 Å². The Bertz CT molecular complexity index is 246. The van der Waals surface area contributed by atoms with Gasteiger partial charge in [0.25, 0.3) is 0 Å². The molecule has 1 rings (SSSR count). The molecule has 100 valence electrons. The number of amides is 1. The van der Waals surface area contributed by atoms with Crippen LogP contribution in [0.25, 0.3) is 0 Å². The van der Waals surface area contributed by atoms with Crippen LogP contribution in [-0.2, 0) is 9.47 Å². The molecule has 0 aromatic carbocycles. The fourth-order valence-corrected chi connectivity index (χ4v) is 2.03. The first-order valence-corrected chi connectivity index (χ1v) is 6.21. The van der Waals surface area contributed by atoms with Gasteiger partial charge in [0.1, 0.15) is 0 Å². The summed E-state index contributed by atoms with van der Waals surface area (Å²) in [4.78, 5) is 15.6. The smallest absolute Gasteiger partial charge is 0.409 e. The Kier molecular flexibility index (Phi) is 5.71. The van der Waals surface area contributed by atoms with Crippen LogP contribution in [0, 0.1) is 0 Å². The molecule has 0 aliphatic carbocycles. The summed E-state index contributed by atoms with van der Waals surface area (Å²) in [6.07, 6.45) is 1.81. The lowest BCUT2D eigenvalue weighted by molar-refractivity contribution is 0.0597. The van der Waals surface area contributed by atoms with Crippen molar-refractivity contribution in [1.29, 1.82) is 0 Å². The van der Waals surface area contributed by atoms with Crippen LogP contribution >= 0.6 is 0 Å². The lowest BCUT2D eigenvalue weighted by Gasteiger charge is -2.23. The zero-order chi connectivity index (χ0) is 12.8. The van der Waals surface area contributed by atoms with Gasteiger partial charge in [-0.05, 0) is 20.5 Å². The maximum Gasteiger partial charge on any atom is 0.409 e. The molecule has 5 heteroatoms. The second kappa shape index (κ2) is 6.81. The van der Waals surface area contributed by atoms with Gasteiger partial charge in [-0.1, -0.05) is 13.3 Å². The summed E-state index contributed by atoms with van der Waals surface area (Å²) in [6.45, 7) is 3.88. The molecule has 0 saturated carbocycles. The van der Waals surface area contributed by atoms with Gasteiger partial charge in [-0.25, -0.2) is 4.79 Å². The highest BCUT2D eigenvalue weighted by Gasteiger charge is 2.37. The van der Waals surface area contributed by atoms with E-state index < -0.39 is 0 Å². The van der Waals surface area contributed by atoms with Gasteiger partial charge in [-0.3, -0.25) is 0 Å². The molecule has 1 aliphatic rings. The predicted octanol–water partition coefficient (Wildman–Crippen LogP) is 1.18. The Morgan fingerprint density at radius 3 is 2.59 bits per heavy atom. The third kappa shape index (κ3) is 3.85. The van der Waals surface area contributed by atoms with Crippen LogP contribution in [0.3, 0.4) is 0 Å². The average molecular weight is 244 g/mol. The van der Waals surface area contributed by atoms with E-state index in [1.807, 2.05) is 14.1 Å². The van der Waals surface area contributed by atoms with Crippen LogP contribution in [0.2, 0.25) is 0 Å². The van der Waals surface area contributed by atoms with Crippen molar-refractivity contribution in [2.75, 3.05) is 40.9 Å². The number of ether oxygens (including phenoxy) is 2. The minimum absolute atomic E-state index is 0.0729. The molecule has 1 amide bonds. The summed E-state index contributed by atoms with van der Waals surface area (Å²) in [6, 6.07) is 0.249. The van der Waals surface area contributed by atoms with Gasteiger partial charge in [-0.2, -0.15) is 0 Å². The van der Waals surface area contributed by atoms with Crippen molar-refractivity contribution in [1.82, 2.24) is 9.80 Å². The van der Waals surface area contributed by atoms with Crippen LogP contribution < -0.4 is 0 Å². The fourth-order valence-electron chi connectivity index (χ4n) is 2.03. The van der Waals surface area contributed by atoms with Crippen LogP contribution in [0.1, 0.15) is 19.8 Å². The molecule has 0 bridgehead atoms. The van der Waals surface area contributed by atoms with Gasteiger partial charge in [-0.15, -0.1) is 0 Å². The number of carbonyl (C=O) groups is 1. The van der Waals surface area contributed by atoms with Crippen molar-refractivity contribution in [3.63, 3.8) is 0 Å². The van der Waals surface area contributed by atoms with Crippen molar-refractivity contribution in [2.45, 2.75) is 31.9 Å². The normalized spacial score (nSPS) is 24.4. The highest BCUT2D eigenvalue weighted by molar-refractivity contribution is 5.68. The van der Waals surface area contributed by atoms with Crippen LogP contribution in [0.15, 0.2) is 0 Å².